The lowest BCUT2D eigenvalue weighted by Gasteiger charge is -2.18. The first-order valence-corrected chi connectivity index (χ1v) is 6.91. The van der Waals surface area contributed by atoms with E-state index in [1.54, 1.807) is 0 Å². The van der Waals surface area contributed by atoms with E-state index < -0.39 is 22.5 Å². The fourth-order valence-corrected chi connectivity index (χ4v) is 3.09. The van der Waals surface area contributed by atoms with E-state index in [0.717, 1.165) is 16.5 Å². The summed E-state index contributed by atoms with van der Waals surface area (Å²) >= 11 is 0. The van der Waals surface area contributed by atoms with E-state index in [9.17, 15) is 24.8 Å². The number of fused-ring (bicyclic) bond motifs is 1. The normalized spacial score (nSPS) is 24.2. The minimum absolute atomic E-state index is 0.00709. The molecule has 7 heteroatoms. The highest BCUT2D eigenvalue weighted by Gasteiger charge is 2.49. The second-order valence-corrected chi connectivity index (χ2v) is 5.65. The molecule has 22 heavy (non-hydrogen) atoms. The van der Waals surface area contributed by atoms with Gasteiger partial charge >= 0.3 is 0 Å². The van der Waals surface area contributed by atoms with Crippen molar-refractivity contribution in [3.63, 3.8) is 0 Å². The van der Waals surface area contributed by atoms with Crippen LogP contribution in [0.25, 0.3) is 0 Å². The third kappa shape index (κ3) is 2.05. The molecule has 7 nitrogen and oxygen atoms in total. The van der Waals surface area contributed by atoms with Crippen molar-refractivity contribution >= 4 is 23.2 Å². The number of allylic oxidation sites excluding steroid dienone is 2. The quantitative estimate of drug-likeness (QED) is 0.390. The summed E-state index contributed by atoms with van der Waals surface area (Å²) in [6.07, 6.45) is 2.98. The Morgan fingerprint density at radius 3 is 2.59 bits per heavy atom. The highest BCUT2D eigenvalue weighted by molar-refractivity contribution is 6.22. The number of imide groups is 1. The highest BCUT2D eigenvalue weighted by Crippen LogP contribution is 2.42. The molecule has 0 saturated carbocycles. The van der Waals surface area contributed by atoms with Gasteiger partial charge in [-0.1, -0.05) is 11.6 Å². The first-order chi connectivity index (χ1) is 10.4. The van der Waals surface area contributed by atoms with Gasteiger partial charge in [0.05, 0.1) is 28.5 Å². The van der Waals surface area contributed by atoms with Crippen molar-refractivity contribution in [1.82, 2.24) is 0 Å². The number of aromatic hydroxyl groups is 1. The Labute approximate surface area is 126 Å². The van der Waals surface area contributed by atoms with Crippen LogP contribution >= 0.6 is 0 Å². The molecule has 1 fully saturated rings. The number of carbonyl (C=O) groups excluding carboxylic acids is 2. The van der Waals surface area contributed by atoms with Crippen molar-refractivity contribution in [3.05, 3.63) is 40.0 Å². The molecule has 3 rings (SSSR count). The Bertz CT molecular complexity index is 725. The molecule has 1 saturated heterocycles. The highest BCUT2D eigenvalue weighted by atomic mass is 16.6. The van der Waals surface area contributed by atoms with Gasteiger partial charge in [0, 0.05) is 6.07 Å². The van der Waals surface area contributed by atoms with Crippen molar-refractivity contribution < 1.29 is 19.6 Å². The lowest BCUT2D eigenvalue weighted by Crippen LogP contribution is -2.30. The fraction of sp³-hybridized carbons (Fsp3) is 0.333. The zero-order chi connectivity index (χ0) is 16.0. The lowest BCUT2D eigenvalue weighted by atomic mass is 9.82. The first-order valence-electron chi connectivity index (χ1n) is 6.91. The summed E-state index contributed by atoms with van der Waals surface area (Å²) in [7, 11) is 0. The van der Waals surface area contributed by atoms with Crippen LogP contribution < -0.4 is 4.90 Å². The van der Waals surface area contributed by atoms with Crippen LogP contribution in [0.3, 0.4) is 0 Å². The summed E-state index contributed by atoms with van der Waals surface area (Å²) in [5.41, 5.74) is 0.778. The largest absolute Gasteiger partial charge is 0.505 e. The number of hydrogen-bond donors (Lipinski definition) is 1. The Balaban J connectivity index is 1.98. The Kier molecular flexibility index (Phi) is 3.20. The van der Waals surface area contributed by atoms with Crippen molar-refractivity contribution in [2.75, 3.05) is 4.90 Å². The summed E-state index contributed by atoms with van der Waals surface area (Å²) in [6.45, 7) is 1.92. The number of rotatable bonds is 2. The molecule has 0 aromatic heterocycles. The third-order valence-electron chi connectivity index (χ3n) is 4.23. The second kappa shape index (κ2) is 4.94. The van der Waals surface area contributed by atoms with Gasteiger partial charge in [-0.05, 0) is 25.8 Å². The molecule has 1 aromatic carbocycles. The molecule has 0 spiro atoms. The number of phenolic OH excluding ortho intramolecular Hbond substituents is 1. The van der Waals surface area contributed by atoms with Crippen molar-refractivity contribution in [2.45, 2.75) is 19.8 Å². The number of non-ortho nitro benzene ring substituents is 1. The number of amides is 2. The predicted octanol–water partition coefficient (Wildman–Crippen LogP) is 2.15. The first kappa shape index (κ1) is 14.2. The summed E-state index contributed by atoms with van der Waals surface area (Å²) < 4.78 is 0. The van der Waals surface area contributed by atoms with Crippen LogP contribution in [0.2, 0.25) is 0 Å². The zero-order valence-electron chi connectivity index (χ0n) is 11.9. The molecule has 2 amide bonds. The molecule has 0 bridgehead atoms. The number of carbonyl (C=O) groups is 2. The summed E-state index contributed by atoms with van der Waals surface area (Å²) in [5.74, 6) is -1.98. The second-order valence-electron chi connectivity index (χ2n) is 5.65. The van der Waals surface area contributed by atoms with Gasteiger partial charge in [0.25, 0.3) is 5.69 Å². The smallest absolute Gasteiger partial charge is 0.273 e. The Morgan fingerprint density at radius 1 is 1.27 bits per heavy atom. The molecule has 0 unspecified atom stereocenters. The zero-order valence-corrected chi connectivity index (χ0v) is 11.9. The van der Waals surface area contributed by atoms with Crippen LogP contribution in [0.5, 0.6) is 5.75 Å². The van der Waals surface area contributed by atoms with Gasteiger partial charge in [-0.25, -0.2) is 4.90 Å². The molecular formula is C15H14N2O5. The fourth-order valence-electron chi connectivity index (χ4n) is 3.09. The molecule has 0 radical (unpaired) electrons. The van der Waals surface area contributed by atoms with Gasteiger partial charge in [0.2, 0.25) is 11.8 Å². The van der Waals surface area contributed by atoms with Crippen molar-refractivity contribution in [2.24, 2.45) is 11.8 Å². The average Bonchev–Trinajstić information content (AvgIpc) is 2.71. The maximum atomic E-state index is 12.5. The van der Waals surface area contributed by atoms with Crippen LogP contribution in [0.4, 0.5) is 11.4 Å². The van der Waals surface area contributed by atoms with Crippen LogP contribution in [0.15, 0.2) is 29.8 Å². The molecular weight excluding hydrogens is 288 g/mol. The van der Waals surface area contributed by atoms with Crippen LogP contribution in [0.1, 0.15) is 19.8 Å². The van der Waals surface area contributed by atoms with Gasteiger partial charge in [-0.15, -0.1) is 0 Å². The molecule has 1 aliphatic heterocycles. The van der Waals surface area contributed by atoms with E-state index in [1.165, 1.54) is 12.1 Å². The van der Waals surface area contributed by atoms with E-state index >= 15 is 0 Å². The maximum Gasteiger partial charge on any atom is 0.273 e. The van der Waals surface area contributed by atoms with E-state index in [4.69, 9.17) is 0 Å². The number of hydrogen-bond acceptors (Lipinski definition) is 5. The van der Waals surface area contributed by atoms with Gasteiger partial charge in [0.15, 0.2) is 0 Å². The molecule has 1 aliphatic carbocycles. The van der Waals surface area contributed by atoms with E-state index in [0.29, 0.717) is 12.8 Å². The number of benzene rings is 1. The van der Waals surface area contributed by atoms with Crippen molar-refractivity contribution in [3.8, 4) is 5.75 Å². The van der Waals surface area contributed by atoms with Crippen LogP contribution in [-0.4, -0.2) is 21.8 Å². The Morgan fingerprint density at radius 2 is 1.95 bits per heavy atom. The third-order valence-corrected chi connectivity index (χ3v) is 4.23. The van der Waals surface area contributed by atoms with E-state index in [1.807, 2.05) is 13.0 Å². The SMILES string of the molecule is CC1=CC[C@@H]2C(=O)N(c3ccc([N+](=O)[O-])cc3O)C(=O)[C@H]2C1. The number of nitro benzene ring substituents is 1. The predicted molar refractivity (Wildman–Crippen MR) is 77.2 cm³/mol. The minimum Gasteiger partial charge on any atom is -0.505 e. The number of nitrogens with zero attached hydrogens (tertiary/aromatic N) is 2. The lowest BCUT2D eigenvalue weighted by molar-refractivity contribution is -0.384. The van der Waals surface area contributed by atoms with Gasteiger partial charge in [-0.2, -0.15) is 0 Å². The topological polar surface area (TPSA) is 101 Å². The number of anilines is 1. The molecule has 1 N–H and O–H groups in total. The molecule has 1 heterocycles. The van der Waals surface area contributed by atoms with Gasteiger partial charge in [0.1, 0.15) is 5.75 Å². The number of nitro groups is 1. The van der Waals surface area contributed by atoms with Gasteiger partial charge in [-0.3, -0.25) is 19.7 Å². The minimum atomic E-state index is -0.649. The van der Waals surface area contributed by atoms with Crippen LogP contribution in [-0.2, 0) is 9.59 Å². The molecule has 2 aliphatic rings. The summed E-state index contributed by atoms with van der Waals surface area (Å²) in [4.78, 5) is 36.0. The Hall–Kier alpha value is -2.70. The van der Waals surface area contributed by atoms with E-state index in [-0.39, 0.29) is 23.2 Å². The molecule has 1 aromatic rings. The maximum absolute atomic E-state index is 12.5. The van der Waals surface area contributed by atoms with Crippen LogP contribution in [0, 0.1) is 22.0 Å². The summed E-state index contributed by atoms with van der Waals surface area (Å²) in [5, 5.41) is 20.7. The van der Waals surface area contributed by atoms with E-state index in [2.05, 4.69) is 0 Å². The molecule has 2 atom stereocenters. The monoisotopic (exact) mass is 302 g/mol. The standard InChI is InChI=1S/C15H14N2O5/c1-8-2-4-10-11(6-8)15(20)16(14(10)19)12-5-3-9(17(21)22)7-13(12)18/h2-3,5,7,10-11,18H,4,6H2,1H3/t10-,11-/m0/s1. The van der Waals surface area contributed by atoms with Crippen molar-refractivity contribution in [1.29, 1.82) is 0 Å². The summed E-state index contributed by atoms with van der Waals surface area (Å²) in [6, 6.07) is 3.35. The number of phenols is 1. The molecule has 114 valence electrons. The average molecular weight is 302 g/mol. The van der Waals surface area contributed by atoms with Gasteiger partial charge < -0.3 is 5.11 Å².